The minimum atomic E-state index is -4.07. The average Bonchev–Trinajstić information content (AvgIpc) is 3.59. The summed E-state index contributed by atoms with van der Waals surface area (Å²) in [6, 6.07) is 17.5. The number of sulfone groups is 1. The number of hydrogen-bond acceptors (Lipinski definition) is 9. The Bertz CT molecular complexity index is 2400. The summed E-state index contributed by atoms with van der Waals surface area (Å²) < 4.78 is 87.0. The molecule has 57 heavy (non-hydrogen) atoms. The van der Waals surface area contributed by atoms with Crippen molar-refractivity contribution in [3.8, 4) is 22.6 Å². The SMILES string of the molecule is CCCCO[PH](=O)Oc1ccc(CC(=O)OCc2c(F)cc(-c3ccc(-n4cc(C(C)(C)O)nc4C(C)(C)c4c(Cl)cccc4Cl)c(F)c3)cc2S(C)(=O)=O)cc1. The second-order valence-electron chi connectivity index (χ2n) is 14.5. The largest absolute Gasteiger partial charge is 0.460 e. The van der Waals surface area contributed by atoms with Crippen molar-refractivity contribution in [1.82, 2.24) is 9.55 Å². The van der Waals surface area contributed by atoms with Crippen LogP contribution in [-0.4, -0.2) is 41.9 Å². The van der Waals surface area contributed by atoms with Gasteiger partial charge >= 0.3 is 14.2 Å². The zero-order valence-electron chi connectivity index (χ0n) is 32.2. The van der Waals surface area contributed by atoms with E-state index < -0.39 is 58.2 Å². The van der Waals surface area contributed by atoms with Gasteiger partial charge in [0.1, 0.15) is 35.4 Å². The molecule has 0 fully saturated rings. The first kappa shape index (κ1) is 44.0. The molecule has 0 saturated heterocycles. The molecule has 1 N–H and O–H groups in total. The molecule has 0 aliphatic heterocycles. The van der Waals surface area contributed by atoms with Gasteiger partial charge in [-0.25, -0.2) is 26.7 Å². The van der Waals surface area contributed by atoms with Crippen LogP contribution in [0.3, 0.4) is 0 Å². The van der Waals surface area contributed by atoms with E-state index in [1.807, 2.05) is 20.8 Å². The van der Waals surface area contributed by atoms with E-state index in [0.29, 0.717) is 33.6 Å². The molecule has 1 aromatic heterocycles. The van der Waals surface area contributed by atoms with Crippen LogP contribution >= 0.6 is 31.5 Å². The molecule has 1 atom stereocenters. The molecule has 0 saturated carbocycles. The predicted octanol–water partition coefficient (Wildman–Crippen LogP) is 9.95. The van der Waals surface area contributed by atoms with Gasteiger partial charge in [0.15, 0.2) is 9.84 Å². The number of rotatable bonds is 16. The lowest BCUT2D eigenvalue weighted by atomic mass is 9.83. The molecule has 0 spiro atoms. The van der Waals surface area contributed by atoms with Gasteiger partial charge in [-0.05, 0) is 99.3 Å². The van der Waals surface area contributed by atoms with Gasteiger partial charge in [-0.15, -0.1) is 0 Å². The van der Waals surface area contributed by atoms with E-state index in [1.165, 1.54) is 41.1 Å². The lowest BCUT2D eigenvalue weighted by molar-refractivity contribution is -0.144. The van der Waals surface area contributed by atoms with E-state index in [-0.39, 0.29) is 40.2 Å². The van der Waals surface area contributed by atoms with Gasteiger partial charge in [0.05, 0.1) is 34.7 Å². The average molecular weight is 864 g/mol. The van der Waals surface area contributed by atoms with Crippen molar-refractivity contribution in [2.75, 3.05) is 12.9 Å². The van der Waals surface area contributed by atoms with Gasteiger partial charge in [-0.3, -0.25) is 9.36 Å². The Morgan fingerprint density at radius 2 is 1.60 bits per heavy atom. The Hall–Kier alpha value is -4.10. The van der Waals surface area contributed by atoms with Gasteiger partial charge < -0.3 is 18.9 Å². The molecule has 1 unspecified atom stereocenters. The molecule has 5 aromatic rings. The molecule has 5 rings (SSSR count). The summed E-state index contributed by atoms with van der Waals surface area (Å²) in [6.45, 7) is 8.34. The summed E-state index contributed by atoms with van der Waals surface area (Å²) in [5, 5.41) is 11.6. The third-order valence-electron chi connectivity index (χ3n) is 9.14. The second-order valence-corrected chi connectivity index (χ2v) is 18.3. The van der Waals surface area contributed by atoms with Gasteiger partial charge in [0, 0.05) is 33.6 Å². The van der Waals surface area contributed by atoms with Crippen molar-refractivity contribution < 1.29 is 45.4 Å². The molecule has 0 aliphatic carbocycles. The quantitative estimate of drug-likeness (QED) is 0.0585. The Morgan fingerprint density at radius 3 is 2.19 bits per heavy atom. The molecule has 4 aromatic carbocycles. The van der Waals surface area contributed by atoms with E-state index >= 15 is 8.78 Å². The van der Waals surface area contributed by atoms with E-state index in [9.17, 15) is 22.9 Å². The maximum Gasteiger partial charge on any atom is 0.367 e. The van der Waals surface area contributed by atoms with Crippen LogP contribution in [-0.2, 0) is 52.5 Å². The number of carbonyl (C=O) groups is 1. The van der Waals surface area contributed by atoms with E-state index in [2.05, 4.69) is 0 Å². The van der Waals surface area contributed by atoms with Gasteiger partial charge in [-0.1, -0.05) is 60.8 Å². The number of halogens is 4. The number of imidazole rings is 1. The van der Waals surface area contributed by atoms with Crippen LogP contribution in [0.1, 0.15) is 75.7 Å². The van der Waals surface area contributed by atoms with Crippen molar-refractivity contribution in [3.63, 3.8) is 0 Å². The maximum absolute atomic E-state index is 16.2. The lowest BCUT2D eigenvalue weighted by Crippen LogP contribution is -2.25. The Kier molecular flexibility index (Phi) is 13.7. The van der Waals surface area contributed by atoms with Gasteiger partial charge in [-0.2, -0.15) is 0 Å². The van der Waals surface area contributed by atoms with E-state index in [0.717, 1.165) is 31.2 Å². The molecule has 10 nitrogen and oxygen atoms in total. The van der Waals surface area contributed by atoms with Crippen molar-refractivity contribution in [3.05, 3.63) is 129 Å². The molecule has 0 aliphatic rings. The summed E-state index contributed by atoms with van der Waals surface area (Å²) in [6.07, 6.45) is 3.81. The number of carbonyl (C=O) groups excluding carboxylic acids is 1. The highest BCUT2D eigenvalue weighted by Crippen LogP contribution is 2.42. The molecule has 16 heteroatoms. The standard InChI is InChI=1S/C41H43Cl2F2N2O8PS/c1-7-8-18-54-56(50)55-28-15-12-25(13-16-28)19-37(48)53-24-29-32(44)21-27(22-35(29)57(6,51)52)26-14-17-34(33(45)20-26)47-23-36(41(4,5)49)46-39(47)40(2,3)38-30(42)10-9-11-31(38)43/h9-17,20-23,49,56H,7-8,18-19,24H2,1-6H3. The number of aromatic nitrogens is 2. The molecule has 0 amide bonds. The minimum Gasteiger partial charge on any atom is -0.460 e. The summed E-state index contributed by atoms with van der Waals surface area (Å²) in [5.74, 6) is -1.89. The highest BCUT2D eigenvalue weighted by molar-refractivity contribution is 7.90. The van der Waals surface area contributed by atoms with Crippen molar-refractivity contribution in [1.29, 1.82) is 0 Å². The van der Waals surface area contributed by atoms with Gasteiger partial charge in [0.25, 0.3) is 0 Å². The van der Waals surface area contributed by atoms with E-state index in [4.69, 9.17) is 42.0 Å². The van der Waals surface area contributed by atoms with Crippen LogP contribution in [0.5, 0.6) is 5.75 Å². The van der Waals surface area contributed by atoms with Crippen molar-refractivity contribution in [2.45, 2.75) is 76.4 Å². The monoisotopic (exact) mass is 862 g/mol. The van der Waals surface area contributed by atoms with Crippen LogP contribution in [0.25, 0.3) is 16.8 Å². The maximum atomic E-state index is 16.2. The molecule has 1 heterocycles. The topological polar surface area (TPSA) is 134 Å². The Morgan fingerprint density at radius 1 is 0.947 bits per heavy atom. The number of esters is 1. The number of benzene rings is 4. The van der Waals surface area contributed by atoms with Crippen LogP contribution in [0.4, 0.5) is 8.78 Å². The first-order valence-corrected chi connectivity index (χ1v) is 21.8. The summed E-state index contributed by atoms with van der Waals surface area (Å²) in [4.78, 5) is 17.0. The zero-order valence-corrected chi connectivity index (χ0v) is 35.5. The highest BCUT2D eigenvalue weighted by atomic mass is 35.5. The second kappa shape index (κ2) is 17.8. The number of ether oxygens (including phenoxy) is 1. The third kappa shape index (κ3) is 10.5. The smallest absolute Gasteiger partial charge is 0.367 e. The van der Waals surface area contributed by atoms with Crippen LogP contribution < -0.4 is 4.52 Å². The molecule has 304 valence electrons. The molecule has 0 radical (unpaired) electrons. The number of aliphatic hydroxyl groups is 1. The van der Waals surface area contributed by atoms with Gasteiger partial charge in [0.2, 0.25) is 0 Å². The van der Waals surface area contributed by atoms with Crippen LogP contribution in [0.2, 0.25) is 10.0 Å². The fraction of sp³-hybridized carbons (Fsp3) is 0.317. The molecular formula is C41H43Cl2F2N2O8PS. The first-order valence-electron chi connectivity index (χ1n) is 17.9. The first-order chi connectivity index (χ1) is 26.7. The number of unbranched alkanes of at least 4 members (excludes halogenated alkanes) is 1. The Balaban J connectivity index is 1.40. The van der Waals surface area contributed by atoms with Crippen molar-refractivity contribution in [2.24, 2.45) is 0 Å². The fourth-order valence-electron chi connectivity index (χ4n) is 6.11. The fourth-order valence-corrected chi connectivity index (χ4v) is 8.62. The molecular weight excluding hydrogens is 820 g/mol. The lowest BCUT2D eigenvalue weighted by Gasteiger charge is -2.28. The third-order valence-corrected chi connectivity index (χ3v) is 11.8. The number of nitrogens with zero attached hydrogens (tertiary/aromatic N) is 2. The highest BCUT2D eigenvalue weighted by Gasteiger charge is 2.36. The summed E-state index contributed by atoms with van der Waals surface area (Å²) >= 11 is 13.2. The molecule has 0 bridgehead atoms. The Labute approximate surface area is 341 Å². The van der Waals surface area contributed by atoms with E-state index in [1.54, 1.807) is 44.2 Å². The zero-order chi connectivity index (χ0) is 41.9. The summed E-state index contributed by atoms with van der Waals surface area (Å²) in [5.41, 5.74) is -1.21. The minimum absolute atomic E-state index is 0.0369. The van der Waals surface area contributed by atoms with Crippen LogP contribution in [0, 0.1) is 11.6 Å². The summed E-state index contributed by atoms with van der Waals surface area (Å²) in [7, 11) is -6.80. The normalized spacial score (nSPS) is 12.8. The van der Waals surface area contributed by atoms with Crippen molar-refractivity contribution >= 4 is 47.3 Å². The van der Waals surface area contributed by atoms with Crippen LogP contribution in [0.15, 0.2) is 83.9 Å². The number of hydrogen-bond donors (Lipinski definition) is 1. The predicted molar refractivity (Wildman–Crippen MR) is 216 cm³/mol.